The molecule has 0 saturated heterocycles. The number of aryl methyl sites for hydroxylation is 1. The van der Waals surface area contributed by atoms with Crippen molar-refractivity contribution >= 4 is 11.8 Å². The minimum absolute atomic E-state index is 0.0479. The molecule has 1 heterocycles. The number of aromatic nitrogens is 2. The average molecular weight is 229 g/mol. The molecule has 0 amide bonds. The molecule has 17 heavy (non-hydrogen) atoms. The maximum Gasteiger partial charge on any atom is 0.381 e. The predicted octanol–water partition coefficient (Wildman–Crippen LogP) is 1.59. The van der Waals surface area contributed by atoms with Gasteiger partial charge in [-0.15, -0.1) is 0 Å². The smallest absolute Gasteiger partial charge is 0.381 e. The highest BCUT2D eigenvalue weighted by atomic mass is 16.5. The molecule has 0 radical (unpaired) electrons. The molecular formula is C12H11N3O2. The van der Waals surface area contributed by atoms with E-state index in [1.807, 2.05) is 19.1 Å². The number of ether oxygens (including phenoxy) is 1. The Kier molecular flexibility index (Phi) is 3.00. The number of carbonyl (C=O) groups excluding carboxylic acids is 1. The van der Waals surface area contributed by atoms with E-state index < -0.39 is 5.97 Å². The van der Waals surface area contributed by atoms with E-state index in [1.165, 1.54) is 12.3 Å². The molecule has 0 unspecified atom stereocenters. The van der Waals surface area contributed by atoms with Crippen LogP contribution in [-0.2, 0) is 0 Å². The van der Waals surface area contributed by atoms with Gasteiger partial charge >= 0.3 is 5.97 Å². The van der Waals surface area contributed by atoms with Gasteiger partial charge in [-0.3, -0.25) is 0 Å². The lowest BCUT2D eigenvalue weighted by Gasteiger charge is -2.05. The molecule has 1 aromatic carbocycles. The van der Waals surface area contributed by atoms with Gasteiger partial charge in [-0.05, 0) is 24.6 Å². The number of rotatable bonds is 2. The van der Waals surface area contributed by atoms with Crippen molar-refractivity contribution in [2.75, 3.05) is 5.73 Å². The number of nitrogens with two attached hydrogens (primary N) is 1. The van der Waals surface area contributed by atoms with Gasteiger partial charge in [-0.1, -0.05) is 18.2 Å². The molecule has 5 heteroatoms. The van der Waals surface area contributed by atoms with Crippen molar-refractivity contribution in [2.24, 2.45) is 0 Å². The van der Waals surface area contributed by atoms with Crippen molar-refractivity contribution in [1.82, 2.24) is 9.97 Å². The van der Waals surface area contributed by atoms with E-state index in [2.05, 4.69) is 9.97 Å². The monoisotopic (exact) mass is 229 g/mol. The molecule has 0 bridgehead atoms. The third-order valence-corrected chi connectivity index (χ3v) is 2.16. The van der Waals surface area contributed by atoms with Crippen LogP contribution in [0.5, 0.6) is 5.75 Å². The Balaban J connectivity index is 2.20. The zero-order chi connectivity index (χ0) is 12.3. The van der Waals surface area contributed by atoms with Gasteiger partial charge in [0.2, 0.25) is 5.82 Å². The molecule has 2 N–H and O–H groups in total. The second kappa shape index (κ2) is 4.61. The number of carbonyl (C=O) groups is 1. The second-order valence-electron chi connectivity index (χ2n) is 3.46. The third kappa shape index (κ3) is 2.57. The Hall–Kier alpha value is -2.43. The van der Waals surface area contributed by atoms with Gasteiger partial charge in [-0.25, -0.2) is 14.8 Å². The zero-order valence-corrected chi connectivity index (χ0v) is 9.25. The van der Waals surface area contributed by atoms with E-state index in [4.69, 9.17) is 10.5 Å². The van der Waals surface area contributed by atoms with Crippen LogP contribution < -0.4 is 10.5 Å². The van der Waals surface area contributed by atoms with E-state index in [0.717, 1.165) is 5.56 Å². The van der Waals surface area contributed by atoms with Crippen LogP contribution in [0.1, 0.15) is 16.2 Å². The summed E-state index contributed by atoms with van der Waals surface area (Å²) in [4.78, 5) is 19.3. The largest absolute Gasteiger partial charge is 0.420 e. The van der Waals surface area contributed by atoms with Crippen LogP contribution in [-0.4, -0.2) is 15.9 Å². The van der Waals surface area contributed by atoms with Crippen LogP contribution >= 0.6 is 0 Å². The van der Waals surface area contributed by atoms with Gasteiger partial charge in [0.15, 0.2) is 0 Å². The maximum absolute atomic E-state index is 11.7. The van der Waals surface area contributed by atoms with E-state index in [0.29, 0.717) is 5.75 Å². The first-order valence-corrected chi connectivity index (χ1v) is 5.03. The third-order valence-electron chi connectivity index (χ3n) is 2.16. The fourth-order valence-corrected chi connectivity index (χ4v) is 1.29. The molecule has 0 aliphatic rings. The van der Waals surface area contributed by atoms with Gasteiger partial charge < -0.3 is 10.5 Å². The van der Waals surface area contributed by atoms with Crippen molar-refractivity contribution in [3.05, 3.63) is 47.9 Å². The highest BCUT2D eigenvalue weighted by Gasteiger charge is 2.13. The predicted molar refractivity (Wildman–Crippen MR) is 62.6 cm³/mol. The Bertz CT molecular complexity index is 555. The first-order chi connectivity index (χ1) is 8.16. The second-order valence-corrected chi connectivity index (χ2v) is 3.46. The Morgan fingerprint density at radius 1 is 1.29 bits per heavy atom. The van der Waals surface area contributed by atoms with Gasteiger partial charge in [0.1, 0.15) is 11.6 Å². The molecule has 0 fully saturated rings. The van der Waals surface area contributed by atoms with Gasteiger partial charge in [-0.2, -0.15) is 0 Å². The lowest BCUT2D eigenvalue weighted by molar-refractivity contribution is 0.0721. The fraction of sp³-hybridized carbons (Fsp3) is 0.0833. The van der Waals surface area contributed by atoms with E-state index in [-0.39, 0.29) is 11.6 Å². The summed E-state index contributed by atoms with van der Waals surface area (Å²) in [5.74, 6) is 0.0557. The molecule has 2 rings (SSSR count). The number of hydrogen-bond acceptors (Lipinski definition) is 5. The Morgan fingerprint density at radius 3 is 2.76 bits per heavy atom. The number of benzene rings is 1. The molecule has 0 aliphatic carbocycles. The summed E-state index contributed by atoms with van der Waals surface area (Å²) in [5, 5.41) is 0. The lowest BCUT2D eigenvalue weighted by atomic mass is 10.2. The topological polar surface area (TPSA) is 78.1 Å². The molecule has 86 valence electrons. The first-order valence-electron chi connectivity index (χ1n) is 5.03. The Morgan fingerprint density at radius 2 is 2.06 bits per heavy atom. The van der Waals surface area contributed by atoms with E-state index in [9.17, 15) is 4.79 Å². The average Bonchev–Trinajstić information content (AvgIpc) is 2.32. The van der Waals surface area contributed by atoms with Gasteiger partial charge in [0.05, 0.1) is 0 Å². The van der Waals surface area contributed by atoms with Crippen molar-refractivity contribution in [2.45, 2.75) is 6.92 Å². The molecule has 0 saturated carbocycles. The minimum Gasteiger partial charge on any atom is -0.420 e. The van der Waals surface area contributed by atoms with Crippen molar-refractivity contribution in [1.29, 1.82) is 0 Å². The highest BCUT2D eigenvalue weighted by Crippen LogP contribution is 2.17. The standard InChI is InChI=1S/C12H11N3O2/c1-8-4-2-3-5-9(8)17-12(16)11-14-7-6-10(13)15-11/h2-7H,1H3,(H2,13,14,15). The summed E-state index contributed by atoms with van der Waals surface area (Å²) in [6, 6.07) is 8.71. The van der Waals surface area contributed by atoms with Crippen molar-refractivity contribution in [3.63, 3.8) is 0 Å². The molecule has 0 atom stereocenters. The van der Waals surface area contributed by atoms with E-state index in [1.54, 1.807) is 12.1 Å². The Labute approximate surface area is 98.3 Å². The number of hydrogen-bond donors (Lipinski definition) is 1. The molecule has 0 spiro atoms. The van der Waals surface area contributed by atoms with Crippen LogP contribution in [0.3, 0.4) is 0 Å². The number of esters is 1. The summed E-state index contributed by atoms with van der Waals surface area (Å²) in [7, 11) is 0. The normalized spacial score (nSPS) is 9.94. The van der Waals surface area contributed by atoms with Crippen LogP contribution in [0.25, 0.3) is 0 Å². The SMILES string of the molecule is Cc1ccccc1OC(=O)c1nccc(N)n1. The van der Waals surface area contributed by atoms with Crippen molar-refractivity contribution < 1.29 is 9.53 Å². The highest BCUT2D eigenvalue weighted by molar-refractivity contribution is 5.87. The van der Waals surface area contributed by atoms with Crippen LogP contribution in [0, 0.1) is 6.92 Å². The van der Waals surface area contributed by atoms with Crippen LogP contribution in [0.15, 0.2) is 36.5 Å². The molecule has 1 aromatic heterocycles. The summed E-state index contributed by atoms with van der Waals surface area (Å²) in [6.45, 7) is 1.85. The lowest BCUT2D eigenvalue weighted by Crippen LogP contribution is -2.14. The van der Waals surface area contributed by atoms with Crippen molar-refractivity contribution in [3.8, 4) is 5.75 Å². The first kappa shape index (κ1) is 11.1. The number of nitrogens with zero attached hydrogens (tertiary/aromatic N) is 2. The summed E-state index contributed by atoms with van der Waals surface area (Å²) < 4.78 is 5.17. The molecule has 5 nitrogen and oxygen atoms in total. The fourth-order valence-electron chi connectivity index (χ4n) is 1.29. The van der Waals surface area contributed by atoms with Gasteiger partial charge in [0.25, 0.3) is 0 Å². The quantitative estimate of drug-likeness (QED) is 0.625. The maximum atomic E-state index is 11.7. The van der Waals surface area contributed by atoms with Gasteiger partial charge in [0, 0.05) is 6.20 Å². The minimum atomic E-state index is -0.619. The molecular weight excluding hydrogens is 218 g/mol. The summed E-state index contributed by atoms with van der Waals surface area (Å²) in [6.07, 6.45) is 1.41. The zero-order valence-electron chi connectivity index (χ0n) is 9.25. The molecule has 0 aliphatic heterocycles. The number of nitrogen functional groups attached to an aromatic ring is 1. The van der Waals surface area contributed by atoms with E-state index >= 15 is 0 Å². The number of anilines is 1. The van der Waals surface area contributed by atoms with Crippen LogP contribution in [0.4, 0.5) is 5.82 Å². The number of para-hydroxylation sites is 1. The summed E-state index contributed by atoms with van der Waals surface area (Å²) >= 11 is 0. The molecule has 2 aromatic rings. The van der Waals surface area contributed by atoms with Crippen LogP contribution in [0.2, 0.25) is 0 Å². The summed E-state index contributed by atoms with van der Waals surface area (Å²) in [5.41, 5.74) is 6.33.